The maximum Gasteiger partial charge on any atom is 0.208 e. The van der Waals surface area contributed by atoms with Crippen molar-refractivity contribution in [1.82, 2.24) is 10.2 Å². The lowest BCUT2D eigenvalue weighted by Gasteiger charge is -2.04. The molecule has 0 aliphatic rings. The van der Waals surface area contributed by atoms with Crippen LogP contribution in [0.3, 0.4) is 0 Å². The molecule has 8 heteroatoms. The average molecular weight is 263 g/mol. The zero-order chi connectivity index (χ0) is 11.7. The molecule has 1 heterocycles. The Hall–Kier alpha value is -1.41. The van der Waals surface area contributed by atoms with E-state index in [9.17, 15) is 13.2 Å². The topological polar surface area (TPSA) is 40.7 Å². The summed E-state index contributed by atoms with van der Waals surface area (Å²) in [6, 6.07) is 1.30. The molecule has 0 aliphatic heterocycles. The van der Waals surface area contributed by atoms with Crippen LogP contribution in [0.1, 0.15) is 0 Å². The van der Waals surface area contributed by atoms with Crippen LogP contribution in [0.25, 0.3) is 0 Å². The number of nitrogens with zero attached hydrogens (tertiary/aromatic N) is 1. The molecule has 3 nitrogen and oxygen atoms in total. The summed E-state index contributed by atoms with van der Waals surface area (Å²) in [5.74, 6) is -3.30. The summed E-state index contributed by atoms with van der Waals surface area (Å²) in [5, 5.41) is 8.79. The lowest BCUT2D eigenvalue weighted by molar-refractivity contribution is 0.498. The molecule has 1 aromatic carbocycles. The van der Waals surface area contributed by atoms with Crippen LogP contribution < -0.4 is 5.32 Å². The fraction of sp³-hybridized carbons (Fsp3) is 0. The minimum Gasteiger partial charge on any atom is -0.328 e. The molecule has 0 radical (unpaired) electrons. The third kappa shape index (κ3) is 2.22. The SMILES string of the molecule is Fc1cc(F)c(F)c(Nc2n[nH]c(=S)s2)c1. The number of benzene rings is 1. The van der Waals surface area contributed by atoms with Gasteiger partial charge in [-0.2, -0.15) is 0 Å². The van der Waals surface area contributed by atoms with Crippen molar-refractivity contribution in [2.45, 2.75) is 0 Å². The van der Waals surface area contributed by atoms with Gasteiger partial charge in [-0.05, 0) is 12.2 Å². The summed E-state index contributed by atoms with van der Waals surface area (Å²) in [7, 11) is 0. The predicted molar refractivity (Wildman–Crippen MR) is 56.9 cm³/mol. The summed E-state index contributed by atoms with van der Waals surface area (Å²) in [6.45, 7) is 0. The summed E-state index contributed by atoms with van der Waals surface area (Å²) in [5.41, 5.74) is -0.324. The zero-order valence-corrected chi connectivity index (χ0v) is 9.19. The molecule has 0 fully saturated rings. The van der Waals surface area contributed by atoms with Crippen LogP contribution in [-0.2, 0) is 0 Å². The van der Waals surface area contributed by atoms with Gasteiger partial charge in [-0.3, -0.25) is 5.10 Å². The highest BCUT2D eigenvalue weighted by Gasteiger charge is 2.12. The van der Waals surface area contributed by atoms with E-state index in [1.165, 1.54) is 0 Å². The number of H-pyrrole nitrogens is 1. The smallest absolute Gasteiger partial charge is 0.208 e. The van der Waals surface area contributed by atoms with Gasteiger partial charge in [0.1, 0.15) is 5.82 Å². The largest absolute Gasteiger partial charge is 0.328 e. The highest BCUT2D eigenvalue weighted by atomic mass is 32.1. The molecule has 0 aliphatic carbocycles. The molecule has 0 saturated carbocycles. The third-order valence-electron chi connectivity index (χ3n) is 1.67. The molecule has 0 bridgehead atoms. The highest BCUT2D eigenvalue weighted by Crippen LogP contribution is 2.24. The number of aromatic amines is 1. The lowest BCUT2D eigenvalue weighted by atomic mass is 10.3. The van der Waals surface area contributed by atoms with Gasteiger partial charge in [0.2, 0.25) is 5.13 Å². The van der Waals surface area contributed by atoms with Crippen LogP contribution in [-0.4, -0.2) is 10.2 Å². The van der Waals surface area contributed by atoms with Crippen molar-refractivity contribution in [2.24, 2.45) is 0 Å². The van der Waals surface area contributed by atoms with Gasteiger partial charge in [0, 0.05) is 12.1 Å². The maximum absolute atomic E-state index is 13.2. The Kier molecular flexibility index (Phi) is 2.92. The van der Waals surface area contributed by atoms with Crippen molar-refractivity contribution in [3.05, 3.63) is 33.5 Å². The molecular formula is C8H4F3N3S2. The minimum absolute atomic E-state index is 0.230. The fourth-order valence-electron chi connectivity index (χ4n) is 1.05. The summed E-state index contributed by atoms with van der Waals surface area (Å²) in [6.07, 6.45) is 0. The van der Waals surface area contributed by atoms with Crippen LogP contribution in [0.15, 0.2) is 12.1 Å². The molecular weight excluding hydrogens is 259 g/mol. The maximum atomic E-state index is 13.2. The lowest BCUT2D eigenvalue weighted by Crippen LogP contribution is -1.97. The van der Waals surface area contributed by atoms with Crippen LogP contribution in [0.2, 0.25) is 0 Å². The quantitative estimate of drug-likeness (QED) is 0.644. The Morgan fingerprint density at radius 1 is 1.31 bits per heavy atom. The van der Waals surface area contributed by atoms with Gasteiger partial charge in [-0.1, -0.05) is 11.3 Å². The van der Waals surface area contributed by atoms with Crippen molar-refractivity contribution in [3.63, 3.8) is 0 Å². The van der Waals surface area contributed by atoms with Gasteiger partial charge in [0.15, 0.2) is 15.6 Å². The first kappa shape index (κ1) is 11.1. The number of halogens is 3. The molecule has 2 aromatic rings. The Morgan fingerprint density at radius 3 is 2.69 bits per heavy atom. The van der Waals surface area contributed by atoms with Crippen LogP contribution in [0.4, 0.5) is 24.0 Å². The summed E-state index contributed by atoms with van der Waals surface area (Å²) >= 11 is 5.78. The van der Waals surface area contributed by atoms with E-state index >= 15 is 0 Å². The second-order valence-electron chi connectivity index (χ2n) is 2.79. The normalized spacial score (nSPS) is 10.4. The van der Waals surface area contributed by atoms with E-state index < -0.39 is 17.5 Å². The van der Waals surface area contributed by atoms with Crippen LogP contribution in [0, 0.1) is 21.4 Å². The average Bonchev–Trinajstić information content (AvgIpc) is 2.60. The van der Waals surface area contributed by atoms with Crippen LogP contribution >= 0.6 is 23.6 Å². The van der Waals surface area contributed by atoms with Gasteiger partial charge < -0.3 is 5.32 Å². The second-order valence-corrected chi connectivity index (χ2v) is 4.46. The number of hydrogen-bond donors (Lipinski definition) is 2. The molecule has 0 saturated heterocycles. The van der Waals surface area contributed by atoms with Crippen molar-refractivity contribution in [3.8, 4) is 0 Å². The third-order valence-corrected chi connectivity index (χ3v) is 2.68. The Morgan fingerprint density at radius 2 is 2.06 bits per heavy atom. The van der Waals surface area contributed by atoms with Crippen LogP contribution in [0.5, 0.6) is 0 Å². The minimum atomic E-state index is -1.26. The van der Waals surface area contributed by atoms with E-state index in [2.05, 4.69) is 15.5 Å². The Balaban J connectivity index is 2.38. The van der Waals surface area contributed by atoms with E-state index in [-0.39, 0.29) is 10.8 Å². The van der Waals surface area contributed by atoms with E-state index in [4.69, 9.17) is 12.2 Å². The molecule has 0 atom stereocenters. The van der Waals surface area contributed by atoms with Gasteiger partial charge in [-0.25, -0.2) is 13.2 Å². The molecule has 84 valence electrons. The molecule has 0 unspecified atom stereocenters. The summed E-state index contributed by atoms with van der Waals surface area (Å²) in [4.78, 5) is 0. The first-order valence-electron chi connectivity index (χ1n) is 4.03. The molecule has 2 rings (SSSR count). The molecule has 0 spiro atoms. The van der Waals surface area contributed by atoms with Gasteiger partial charge in [-0.15, -0.1) is 5.10 Å². The van der Waals surface area contributed by atoms with Crippen molar-refractivity contribution >= 4 is 34.4 Å². The fourth-order valence-corrected chi connectivity index (χ4v) is 1.85. The number of rotatable bonds is 2. The number of aromatic nitrogens is 2. The first-order chi connectivity index (χ1) is 7.56. The summed E-state index contributed by atoms with van der Waals surface area (Å²) < 4.78 is 39.3. The van der Waals surface area contributed by atoms with Gasteiger partial charge >= 0.3 is 0 Å². The Bertz CT molecular complexity index is 578. The molecule has 1 aromatic heterocycles. The van der Waals surface area contributed by atoms with E-state index in [0.29, 0.717) is 10.0 Å². The van der Waals surface area contributed by atoms with Crippen molar-refractivity contribution in [2.75, 3.05) is 5.32 Å². The van der Waals surface area contributed by atoms with E-state index in [1.807, 2.05) is 0 Å². The molecule has 2 N–H and O–H groups in total. The number of anilines is 2. The van der Waals surface area contributed by atoms with E-state index in [1.54, 1.807) is 0 Å². The molecule has 16 heavy (non-hydrogen) atoms. The van der Waals surface area contributed by atoms with Crippen molar-refractivity contribution in [1.29, 1.82) is 0 Å². The number of hydrogen-bond acceptors (Lipinski definition) is 4. The zero-order valence-electron chi connectivity index (χ0n) is 7.55. The molecule has 0 amide bonds. The van der Waals surface area contributed by atoms with Crippen molar-refractivity contribution < 1.29 is 13.2 Å². The highest BCUT2D eigenvalue weighted by molar-refractivity contribution is 7.73. The predicted octanol–water partition coefficient (Wildman–Crippen LogP) is 3.36. The van der Waals surface area contributed by atoms with Gasteiger partial charge in [0.05, 0.1) is 5.69 Å². The standard InChI is InChI=1S/C8H4F3N3S2/c9-3-1-4(10)6(11)5(2-3)12-7-13-14-8(15)16-7/h1-2H,(H,12,13)(H,14,15). The second kappa shape index (κ2) is 4.22. The monoisotopic (exact) mass is 263 g/mol. The first-order valence-corrected chi connectivity index (χ1v) is 5.26. The van der Waals surface area contributed by atoms with E-state index in [0.717, 1.165) is 17.4 Å². The van der Waals surface area contributed by atoms with Gasteiger partial charge in [0.25, 0.3) is 0 Å². The number of nitrogens with one attached hydrogen (secondary N) is 2. The Labute approximate surface area is 96.9 Å².